The van der Waals surface area contributed by atoms with Gasteiger partial charge < -0.3 is 19.4 Å². The number of nitrogens with zero attached hydrogens (tertiary/aromatic N) is 1. The van der Waals surface area contributed by atoms with Gasteiger partial charge in [0.25, 0.3) is 5.91 Å². The van der Waals surface area contributed by atoms with Crippen molar-refractivity contribution < 1.29 is 14.3 Å². The monoisotopic (exact) mass is 340 g/mol. The summed E-state index contributed by atoms with van der Waals surface area (Å²) >= 11 is 0. The lowest BCUT2D eigenvalue weighted by molar-refractivity contribution is 0.0941. The largest absolute Gasteiger partial charge is 0.454 e. The highest BCUT2D eigenvalue weighted by Crippen LogP contribution is 2.32. The molecule has 1 aliphatic heterocycles. The molecule has 1 amide bonds. The molecule has 132 valence electrons. The number of carbonyl (C=O) groups is 1. The Hall–Kier alpha value is -2.69. The van der Waals surface area contributed by atoms with Gasteiger partial charge >= 0.3 is 0 Å². The van der Waals surface area contributed by atoms with Crippen LogP contribution in [0.25, 0.3) is 0 Å². The smallest absolute Gasteiger partial charge is 0.268 e. The number of rotatable bonds is 6. The van der Waals surface area contributed by atoms with Crippen molar-refractivity contribution in [2.75, 3.05) is 6.79 Å². The molecule has 0 saturated heterocycles. The molecule has 0 atom stereocenters. The minimum Gasteiger partial charge on any atom is -0.454 e. The molecule has 1 aromatic carbocycles. The van der Waals surface area contributed by atoms with Crippen LogP contribution in [0.5, 0.6) is 11.5 Å². The van der Waals surface area contributed by atoms with E-state index in [1.54, 1.807) is 0 Å². The van der Waals surface area contributed by atoms with Gasteiger partial charge in [-0.15, -0.1) is 6.58 Å². The third-order valence-corrected chi connectivity index (χ3v) is 4.69. The number of hydrogen-bond acceptors (Lipinski definition) is 3. The summed E-state index contributed by atoms with van der Waals surface area (Å²) in [7, 11) is 0. The first-order valence-corrected chi connectivity index (χ1v) is 8.53. The second-order valence-corrected chi connectivity index (χ2v) is 6.16. The zero-order chi connectivity index (χ0) is 18.0. The maximum absolute atomic E-state index is 12.8. The second kappa shape index (κ2) is 7.05. The van der Waals surface area contributed by atoms with E-state index < -0.39 is 0 Å². The standard InChI is InChI=1S/C20H24N2O3/c1-5-9-22-14(4)16(6-2)13(3)19(22)20(23)21-11-15-7-8-17-18(10-15)25-12-24-17/h5,7-8,10H,1,6,9,11-12H2,2-4H3,(H,21,23). The van der Waals surface area contributed by atoms with Crippen LogP contribution < -0.4 is 14.8 Å². The van der Waals surface area contributed by atoms with Gasteiger partial charge in [0.05, 0.1) is 0 Å². The van der Waals surface area contributed by atoms with E-state index in [4.69, 9.17) is 9.47 Å². The highest BCUT2D eigenvalue weighted by Gasteiger charge is 2.21. The van der Waals surface area contributed by atoms with Gasteiger partial charge in [-0.2, -0.15) is 0 Å². The summed E-state index contributed by atoms with van der Waals surface area (Å²) in [6.07, 6.45) is 2.73. The number of carbonyl (C=O) groups excluding carboxylic acids is 1. The Kier molecular flexibility index (Phi) is 4.83. The van der Waals surface area contributed by atoms with Crippen molar-refractivity contribution >= 4 is 5.91 Å². The molecule has 2 aromatic rings. The molecular formula is C20H24N2O3. The summed E-state index contributed by atoms with van der Waals surface area (Å²) in [5.74, 6) is 1.40. The van der Waals surface area contributed by atoms with Crippen LogP contribution in [0.1, 0.15) is 39.8 Å². The fraction of sp³-hybridized carbons (Fsp3) is 0.350. The highest BCUT2D eigenvalue weighted by molar-refractivity contribution is 5.95. The first-order valence-electron chi connectivity index (χ1n) is 8.53. The molecule has 0 saturated carbocycles. The molecule has 25 heavy (non-hydrogen) atoms. The molecule has 3 rings (SSSR count). The molecule has 5 nitrogen and oxygen atoms in total. The molecule has 0 spiro atoms. The fourth-order valence-corrected chi connectivity index (χ4v) is 3.44. The van der Waals surface area contributed by atoms with E-state index in [1.807, 2.05) is 35.8 Å². The maximum atomic E-state index is 12.8. The normalized spacial score (nSPS) is 12.3. The van der Waals surface area contributed by atoms with Crippen molar-refractivity contribution in [3.05, 3.63) is 58.9 Å². The topological polar surface area (TPSA) is 52.5 Å². The molecule has 1 aliphatic rings. The predicted octanol–water partition coefficient (Wildman–Crippen LogP) is 3.51. The number of fused-ring (bicyclic) bond motifs is 1. The zero-order valence-corrected chi connectivity index (χ0v) is 15.0. The summed E-state index contributed by atoms with van der Waals surface area (Å²) in [6.45, 7) is 11.3. The number of aromatic nitrogens is 1. The van der Waals surface area contributed by atoms with E-state index in [2.05, 4.69) is 25.7 Å². The Morgan fingerprint density at radius 1 is 1.32 bits per heavy atom. The van der Waals surface area contributed by atoms with Crippen molar-refractivity contribution in [3.8, 4) is 11.5 Å². The van der Waals surface area contributed by atoms with Crippen LogP contribution in [-0.4, -0.2) is 17.3 Å². The average molecular weight is 340 g/mol. The number of benzene rings is 1. The molecule has 0 bridgehead atoms. The van der Waals surface area contributed by atoms with Gasteiger partial charge in [0.15, 0.2) is 11.5 Å². The molecule has 0 unspecified atom stereocenters. The predicted molar refractivity (Wildman–Crippen MR) is 97.2 cm³/mol. The summed E-state index contributed by atoms with van der Waals surface area (Å²) in [6, 6.07) is 5.71. The van der Waals surface area contributed by atoms with Crippen molar-refractivity contribution in [2.45, 2.75) is 40.3 Å². The maximum Gasteiger partial charge on any atom is 0.268 e. The number of hydrogen-bond donors (Lipinski definition) is 1. The van der Waals surface area contributed by atoms with Crippen molar-refractivity contribution in [1.29, 1.82) is 0 Å². The van der Waals surface area contributed by atoms with E-state index in [1.165, 1.54) is 5.56 Å². The van der Waals surface area contributed by atoms with E-state index in [0.29, 0.717) is 13.1 Å². The third kappa shape index (κ3) is 3.14. The molecule has 0 aliphatic carbocycles. The SMILES string of the molecule is C=CCn1c(C)c(CC)c(C)c1C(=O)NCc1ccc2c(c1)OCO2. The number of ether oxygens (including phenoxy) is 2. The van der Waals surface area contributed by atoms with Crippen LogP contribution in [0.2, 0.25) is 0 Å². The summed E-state index contributed by atoms with van der Waals surface area (Å²) in [5, 5.41) is 3.02. The minimum absolute atomic E-state index is 0.0696. The molecule has 5 heteroatoms. The average Bonchev–Trinajstić information content (AvgIpc) is 3.15. The lowest BCUT2D eigenvalue weighted by Gasteiger charge is -2.11. The zero-order valence-electron chi connectivity index (χ0n) is 15.0. The lowest BCUT2D eigenvalue weighted by atomic mass is 10.1. The first kappa shape index (κ1) is 17.1. The van der Waals surface area contributed by atoms with Gasteiger partial charge in [-0.3, -0.25) is 4.79 Å². The second-order valence-electron chi connectivity index (χ2n) is 6.16. The Balaban J connectivity index is 1.80. The Labute approximate surface area is 148 Å². The van der Waals surface area contributed by atoms with Crippen LogP contribution in [0.4, 0.5) is 0 Å². The Morgan fingerprint density at radius 3 is 2.80 bits per heavy atom. The van der Waals surface area contributed by atoms with Gasteiger partial charge in [-0.25, -0.2) is 0 Å². The van der Waals surface area contributed by atoms with Crippen molar-refractivity contribution in [1.82, 2.24) is 9.88 Å². The van der Waals surface area contributed by atoms with Crippen molar-refractivity contribution in [3.63, 3.8) is 0 Å². The summed E-state index contributed by atoms with van der Waals surface area (Å²) < 4.78 is 12.7. The van der Waals surface area contributed by atoms with Crippen LogP contribution in [0, 0.1) is 13.8 Å². The Morgan fingerprint density at radius 2 is 2.08 bits per heavy atom. The molecule has 0 fully saturated rings. The highest BCUT2D eigenvalue weighted by atomic mass is 16.7. The third-order valence-electron chi connectivity index (χ3n) is 4.69. The lowest BCUT2D eigenvalue weighted by Crippen LogP contribution is -2.26. The van der Waals surface area contributed by atoms with Crippen LogP contribution in [0.3, 0.4) is 0 Å². The first-order chi connectivity index (χ1) is 12.1. The van der Waals surface area contributed by atoms with E-state index >= 15 is 0 Å². The van der Waals surface area contributed by atoms with E-state index in [-0.39, 0.29) is 12.7 Å². The quantitative estimate of drug-likeness (QED) is 0.819. The fourth-order valence-electron chi connectivity index (χ4n) is 3.44. The van der Waals surface area contributed by atoms with Gasteiger partial charge in [0.1, 0.15) is 5.69 Å². The van der Waals surface area contributed by atoms with Crippen LogP contribution in [0.15, 0.2) is 30.9 Å². The molecule has 2 heterocycles. The van der Waals surface area contributed by atoms with Gasteiger partial charge in [-0.1, -0.05) is 19.1 Å². The Bertz CT molecular complexity index is 821. The van der Waals surface area contributed by atoms with Crippen LogP contribution in [-0.2, 0) is 19.5 Å². The van der Waals surface area contributed by atoms with E-state index in [0.717, 1.165) is 40.4 Å². The van der Waals surface area contributed by atoms with Gasteiger partial charge in [0.2, 0.25) is 6.79 Å². The number of nitrogens with one attached hydrogen (secondary N) is 1. The van der Waals surface area contributed by atoms with Crippen molar-refractivity contribution in [2.24, 2.45) is 0 Å². The van der Waals surface area contributed by atoms with Crippen LogP contribution >= 0.6 is 0 Å². The number of amides is 1. The molecular weight excluding hydrogens is 316 g/mol. The molecule has 0 radical (unpaired) electrons. The number of allylic oxidation sites excluding steroid dienone is 1. The molecule has 1 aromatic heterocycles. The van der Waals surface area contributed by atoms with E-state index in [9.17, 15) is 4.79 Å². The minimum atomic E-state index is -0.0696. The van der Waals surface area contributed by atoms with Gasteiger partial charge in [0, 0.05) is 18.8 Å². The summed E-state index contributed by atoms with van der Waals surface area (Å²) in [4.78, 5) is 12.8. The van der Waals surface area contributed by atoms with Gasteiger partial charge in [-0.05, 0) is 49.1 Å². The summed E-state index contributed by atoms with van der Waals surface area (Å²) in [5.41, 5.74) is 5.10. The molecule has 1 N–H and O–H groups in total.